The summed E-state index contributed by atoms with van der Waals surface area (Å²) in [5.74, 6) is -1.13. The summed E-state index contributed by atoms with van der Waals surface area (Å²) in [6.45, 7) is 0. The van der Waals surface area contributed by atoms with Crippen LogP contribution in [0.1, 0.15) is 0 Å². The van der Waals surface area contributed by atoms with Crippen LogP contribution in [0.15, 0.2) is 0 Å². The number of carbonyl (C=O) groups excluding carboxylic acids is 1. The summed E-state index contributed by atoms with van der Waals surface area (Å²) in [4.78, 5) is 26.8. The minimum Gasteiger partial charge on any atom is -0.467 e. The monoisotopic (exact) mass is 188 g/mol. The quantitative estimate of drug-likeness (QED) is 0.359. The summed E-state index contributed by atoms with van der Waals surface area (Å²) >= 11 is 4.97. The molecule has 0 heterocycles. The Morgan fingerprint density at radius 2 is 2.10 bits per heavy atom. The van der Waals surface area contributed by atoms with Crippen molar-refractivity contribution in [2.75, 3.05) is 7.11 Å². The molecule has 0 fully saturated rings. The second kappa shape index (κ2) is 3.34. The van der Waals surface area contributed by atoms with Crippen LogP contribution in [-0.2, 0) is 14.1 Å². The van der Waals surface area contributed by atoms with Crippen molar-refractivity contribution >= 4 is 25.2 Å². The van der Waals surface area contributed by atoms with Crippen LogP contribution in [0.2, 0.25) is 0 Å². The Morgan fingerprint density at radius 3 is 2.20 bits per heavy atom. The lowest BCUT2D eigenvalue weighted by Gasteiger charge is -2.07. The van der Waals surface area contributed by atoms with Crippen LogP contribution in [0.4, 0.5) is 0 Å². The van der Waals surface area contributed by atoms with Crippen molar-refractivity contribution in [3.63, 3.8) is 0 Å². The lowest BCUT2D eigenvalue weighted by atomic mass is 10.8. The number of esters is 1. The smallest absolute Gasteiger partial charge is 0.354 e. The SMILES string of the molecule is COC(=O)C(Cl)P(=O)(O)O. The zero-order chi connectivity index (χ0) is 8.36. The molecule has 0 bridgehead atoms. The number of hydrogen-bond acceptors (Lipinski definition) is 3. The van der Waals surface area contributed by atoms with E-state index < -0.39 is 18.7 Å². The number of methoxy groups -OCH3 is 1. The van der Waals surface area contributed by atoms with Crippen molar-refractivity contribution in [3.05, 3.63) is 0 Å². The van der Waals surface area contributed by atoms with Crippen molar-refractivity contribution in [2.45, 2.75) is 5.12 Å². The Kier molecular flexibility index (Phi) is 3.31. The summed E-state index contributed by atoms with van der Waals surface area (Å²) in [5, 5.41) is -1.89. The second-order valence-electron chi connectivity index (χ2n) is 1.45. The van der Waals surface area contributed by atoms with E-state index in [4.69, 9.17) is 21.4 Å². The average Bonchev–Trinajstić information content (AvgIpc) is 1.83. The summed E-state index contributed by atoms with van der Waals surface area (Å²) in [7, 11) is -3.55. The number of ether oxygens (including phenoxy) is 1. The first-order valence-corrected chi connectivity index (χ1v) is 4.28. The zero-order valence-corrected chi connectivity index (χ0v) is 6.67. The van der Waals surface area contributed by atoms with Gasteiger partial charge in [0.1, 0.15) is 0 Å². The maximum Gasteiger partial charge on any atom is 0.354 e. The largest absolute Gasteiger partial charge is 0.467 e. The first-order chi connectivity index (χ1) is 4.39. The van der Waals surface area contributed by atoms with Crippen molar-refractivity contribution in [3.8, 4) is 0 Å². The Balaban J connectivity index is 4.23. The van der Waals surface area contributed by atoms with Gasteiger partial charge in [0.2, 0.25) is 5.12 Å². The third-order valence-corrected chi connectivity index (χ3v) is 2.43. The van der Waals surface area contributed by atoms with Crippen LogP contribution in [0, 0.1) is 0 Å². The standard InChI is InChI=1S/C3H6ClO5P/c1-9-3(5)2(4)10(6,7)8/h2H,1H3,(H2,6,7,8). The average molecular weight is 189 g/mol. The maximum atomic E-state index is 10.3. The van der Waals surface area contributed by atoms with Crippen LogP contribution in [0.3, 0.4) is 0 Å². The Hall–Kier alpha value is -0.0900. The zero-order valence-electron chi connectivity index (χ0n) is 5.02. The van der Waals surface area contributed by atoms with Gasteiger partial charge in [-0.2, -0.15) is 0 Å². The van der Waals surface area contributed by atoms with E-state index in [1.807, 2.05) is 0 Å². The molecule has 60 valence electrons. The second-order valence-corrected chi connectivity index (χ2v) is 3.88. The molecular formula is C3H6ClO5P. The van der Waals surface area contributed by atoms with Gasteiger partial charge >= 0.3 is 13.6 Å². The fourth-order valence-electron chi connectivity index (χ4n) is 0.235. The van der Waals surface area contributed by atoms with E-state index in [-0.39, 0.29) is 0 Å². The Bertz CT molecular complexity index is 174. The molecule has 10 heavy (non-hydrogen) atoms. The molecule has 0 aliphatic carbocycles. The molecular weight excluding hydrogens is 182 g/mol. The Labute approximate surface area is 62.1 Å². The van der Waals surface area contributed by atoms with Crippen molar-refractivity contribution in [2.24, 2.45) is 0 Å². The normalized spacial score (nSPS) is 14.4. The molecule has 0 aliphatic rings. The fourth-order valence-corrected chi connectivity index (χ4v) is 0.704. The van der Waals surface area contributed by atoms with Gasteiger partial charge in [-0.15, -0.1) is 0 Å². The van der Waals surface area contributed by atoms with Gasteiger partial charge in [0.05, 0.1) is 7.11 Å². The first-order valence-electron chi connectivity index (χ1n) is 2.16. The van der Waals surface area contributed by atoms with Crippen LogP contribution >= 0.6 is 19.2 Å². The molecule has 0 amide bonds. The van der Waals surface area contributed by atoms with Gasteiger partial charge in [-0.05, 0) is 0 Å². The van der Waals surface area contributed by atoms with Gasteiger partial charge in [0, 0.05) is 0 Å². The molecule has 7 heteroatoms. The van der Waals surface area contributed by atoms with Crippen molar-refractivity contribution in [1.82, 2.24) is 0 Å². The van der Waals surface area contributed by atoms with Gasteiger partial charge in [0.25, 0.3) is 0 Å². The molecule has 0 rings (SSSR count). The number of halogens is 1. The maximum absolute atomic E-state index is 10.3. The van der Waals surface area contributed by atoms with E-state index >= 15 is 0 Å². The predicted molar refractivity (Wildman–Crippen MR) is 33.7 cm³/mol. The molecule has 2 N–H and O–H groups in total. The number of rotatable bonds is 2. The molecule has 0 aromatic heterocycles. The van der Waals surface area contributed by atoms with Crippen LogP contribution in [0.5, 0.6) is 0 Å². The molecule has 0 spiro atoms. The number of carbonyl (C=O) groups is 1. The first kappa shape index (κ1) is 9.91. The molecule has 0 radical (unpaired) electrons. The third-order valence-electron chi connectivity index (χ3n) is 0.691. The summed E-state index contributed by atoms with van der Waals surface area (Å²) in [6.07, 6.45) is 0. The summed E-state index contributed by atoms with van der Waals surface area (Å²) in [5.41, 5.74) is 0. The minimum absolute atomic E-state index is 0.993. The molecule has 1 unspecified atom stereocenters. The van der Waals surface area contributed by atoms with Gasteiger partial charge in [-0.3, -0.25) is 4.57 Å². The molecule has 5 nitrogen and oxygen atoms in total. The molecule has 0 saturated heterocycles. The fraction of sp³-hybridized carbons (Fsp3) is 0.667. The highest BCUT2D eigenvalue weighted by atomic mass is 35.5. The highest BCUT2D eigenvalue weighted by molar-refractivity contribution is 7.55. The van der Waals surface area contributed by atoms with E-state index in [1.54, 1.807) is 0 Å². The number of alkyl halides is 1. The van der Waals surface area contributed by atoms with E-state index in [9.17, 15) is 9.36 Å². The number of hydrogen-bond donors (Lipinski definition) is 2. The van der Waals surface area contributed by atoms with Gasteiger partial charge in [-0.25, -0.2) is 4.79 Å². The third kappa shape index (κ3) is 2.66. The molecule has 0 aliphatic heterocycles. The van der Waals surface area contributed by atoms with E-state index in [0.29, 0.717) is 0 Å². The molecule has 0 aromatic carbocycles. The van der Waals surface area contributed by atoms with Gasteiger partial charge in [-0.1, -0.05) is 11.6 Å². The molecule has 0 aromatic rings. The van der Waals surface area contributed by atoms with Crippen molar-refractivity contribution < 1.29 is 23.9 Å². The topological polar surface area (TPSA) is 83.8 Å². The summed E-state index contributed by atoms with van der Waals surface area (Å²) in [6, 6.07) is 0. The predicted octanol–water partition coefficient (Wildman–Crippen LogP) is -0.0980. The van der Waals surface area contributed by atoms with Gasteiger partial charge < -0.3 is 14.5 Å². The van der Waals surface area contributed by atoms with Crippen LogP contribution < -0.4 is 0 Å². The van der Waals surface area contributed by atoms with Gasteiger partial charge in [0.15, 0.2) is 0 Å². The molecule has 0 saturated carbocycles. The van der Waals surface area contributed by atoms with E-state index in [0.717, 1.165) is 7.11 Å². The van der Waals surface area contributed by atoms with Crippen LogP contribution in [-0.4, -0.2) is 28.0 Å². The van der Waals surface area contributed by atoms with Crippen molar-refractivity contribution in [1.29, 1.82) is 0 Å². The lowest BCUT2D eigenvalue weighted by molar-refractivity contribution is -0.138. The Morgan fingerprint density at radius 1 is 1.70 bits per heavy atom. The molecule has 1 atom stereocenters. The minimum atomic E-state index is -4.54. The van der Waals surface area contributed by atoms with E-state index in [2.05, 4.69) is 4.74 Å². The van der Waals surface area contributed by atoms with E-state index in [1.165, 1.54) is 0 Å². The lowest BCUT2D eigenvalue weighted by Crippen LogP contribution is -2.15. The van der Waals surface area contributed by atoms with Crippen LogP contribution in [0.25, 0.3) is 0 Å². The highest BCUT2D eigenvalue weighted by Crippen LogP contribution is 2.43. The summed E-state index contributed by atoms with van der Waals surface area (Å²) < 4.78 is 14.2. The highest BCUT2D eigenvalue weighted by Gasteiger charge is 2.34.